The molecule has 0 aromatic carbocycles. The maximum absolute atomic E-state index is 11.1. The van der Waals surface area contributed by atoms with Crippen LogP contribution in [0.25, 0.3) is 0 Å². The van der Waals surface area contributed by atoms with Gasteiger partial charge in [0, 0.05) is 25.4 Å². The van der Waals surface area contributed by atoms with Gasteiger partial charge in [-0.3, -0.25) is 9.48 Å². The molecule has 0 bridgehead atoms. The van der Waals surface area contributed by atoms with Gasteiger partial charge in [0.1, 0.15) is 5.82 Å². The Labute approximate surface area is 96.6 Å². The number of nitrogens with two attached hydrogens (primary N) is 2. The first-order valence-corrected chi connectivity index (χ1v) is 4.76. The number of nitrogens with zero attached hydrogens (tertiary/aromatic N) is 4. The van der Waals surface area contributed by atoms with Crippen LogP contribution in [0.2, 0.25) is 0 Å². The van der Waals surface area contributed by atoms with Gasteiger partial charge in [0.05, 0.1) is 5.69 Å². The summed E-state index contributed by atoms with van der Waals surface area (Å²) in [4.78, 5) is 11.1. The Hall–Kier alpha value is -2.64. The molecule has 0 aliphatic rings. The lowest BCUT2D eigenvalue weighted by atomic mass is 10.3. The van der Waals surface area contributed by atoms with Crippen molar-refractivity contribution in [2.75, 3.05) is 11.1 Å². The molecule has 17 heavy (non-hydrogen) atoms. The molecule has 1 amide bonds. The predicted octanol–water partition coefficient (Wildman–Crippen LogP) is -0.365. The van der Waals surface area contributed by atoms with E-state index >= 15 is 0 Å². The Morgan fingerprint density at radius 2 is 2.24 bits per heavy atom. The summed E-state index contributed by atoms with van der Waals surface area (Å²) in [6, 6.07) is 3.21. The normalized spacial score (nSPS) is 10.2. The molecule has 0 unspecified atom stereocenters. The zero-order valence-corrected chi connectivity index (χ0v) is 9.08. The molecule has 2 heterocycles. The molecule has 8 nitrogen and oxygen atoms in total. The largest absolute Gasteiger partial charge is 0.382 e. The topological polar surface area (TPSA) is 125 Å². The molecule has 5 N–H and O–H groups in total. The minimum Gasteiger partial charge on any atom is -0.382 e. The Balaban J connectivity index is 2.37. The Bertz CT molecular complexity index is 562. The van der Waals surface area contributed by atoms with Crippen molar-refractivity contribution in [3.05, 3.63) is 24.0 Å². The fourth-order valence-corrected chi connectivity index (χ4v) is 1.30. The van der Waals surface area contributed by atoms with E-state index in [-0.39, 0.29) is 11.5 Å². The molecule has 0 aliphatic carbocycles. The summed E-state index contributed by atoms with van der Waals surface area (Å²) in [6.45, 7) is 0. The number of carbonyl (C=O) groups is 1. The molecular formula is C9H11N7O. The van der Waals surface area contributed by atoms with E-state index in [1.54, 1.807) is 24.0 Å². The maximum Gasteiger partial charge on any atom is 0.271 e. The number of hydrogen-bond donors (Lipinski definition) is 3. The van der Waals surface area contributed by atoms with Crippen molar-refractivity contribution in [2.24, 2.45) is 12.8 Å². The number of nitrogens with one attached hydrogen (secondary N) is 1. The number of anilines is 3. The van der Waals surface area contributed by atoms with Crippen LogP contribution >= 0.6 is 0 Å². The molecule has 2 rings (SSSR count). The Morgan fingerprint density at radius 1 is 1.47 bits per heavy atom. The summed E-state index contributed by atoms with van der Waals surface area (Å²) in [5.41, 5.74) is 11.1. The Kier molecular flexibility index (Phi) is 2.61. The van der Waals surface area contributed by atoms with Gasteiger partial charge in [-0.25, -0.2) is 0 Å². The minimum absolute atomic E-state index is 0.0184. The number of hydrogen-bond acceptors (Lipinski definition) is 6. The van der Waals surface area contributed by atoms with Gasteiger partial charge in [-0.05, 0) is 0 Å². The molecule has 0 radical (unpaired) electrons. The standard InChI is InChI=1S/C9H11N7O/c1-16-3-2-7(15-16)12-5-4-6(10)13-14-8(5)9(11)17/h2-4H,1H3,(H2,11,17)(H3,10,12,13,15). The van der Waals surface area contributed by atoms with Crippen LogP contribution in [-0.4, -0.2) is 25.9 Å². The molecule has 2 aromatic heterocycles. The highest BCUT2D eigenvalue weighted by atomic mass is 16.1. The smallest absolute Gasteiger partial charge is 0.271 e. The third kappa shape index (κ3) is 2.30. The molecule has 0 saturated carbocycles. The summed E-state index contributed by atoms with van der Waals surface area (Å²) in [5.74, 6) is 0.0618. The third-order valence-corrected chi connectivity index (χ3v) is 2.02. The van der Waals surface area contributed by atoms with Gasteiger partial charge in [-0.1, -0.05) is 0 Å². The van der Waals surface area contributed by atoms with Crippen molar-refractivity contribution in [1.82, 2.24) is 20.0 Å². The highest BCUT2D eigenvalue weighted by molar-refractivity contribution is 5.97. The van der Waals surface area contributed by atoms with Gasteiger partial charge in [-0.2, -0.15) is 5.10 Å². The number of amides is 1. The number of primary amides is 1. The van der Waals surface area contributed by atoms with Crippen molar-refractivity contribution in [2.45, 2.75) is 0 Å². The molecule has 0 fully saturated rings. The first-order chi connectivity index (χ1) is 8.06. The number of rotatable bonds is 3. The lowest BCUT2D eigenvalue weighted by Crippen LogP contribution is -2.17. The van der Waals surface area contributed by atoms with Crippen molar-refractivity contribution in [1.29, 1.82) is 0 Å². The van der Waals surface area contributed by atoms with Crippen molar-refractivity contribution in [3.8, 4) is 0 Å². The van der Waals surface area contributed by atoms with Crippen LogP contribution in [0.4, 0.5) is 17.3 Å². The molecule has 88 valence electrons. The van der Waals surface area contributed by atoms with Gasteiger partial charge in [-0.15, -0.1) is 10.2 Å². The van der Waals surface area contributed by atoms with Crippen molar-refractivity contribution in [3.63, 3.8) is 0 Å². The molecule has 0 saturated heterocycles. The summed E-state index contributed by atoms with van der Waals surface area (Å²) < 4.78 is 1.62. The molecule has 0 atom stereocenters. The van der Waals surface area contributed by atoms with Crippen LogP contribution in [0.3, 0.4) is 0 Å². The maximum atomic E-state index is 11.1. The van der Waals surface area contributed by atoms with E-state index < -0.39 is 5.91 Å². The fraction of sp³-hybridized carbons (Fsp3) is 0.111. The summed E-state index contributed by atoms with van der Waals surface area (Å²) >= 11 is 0. The van der Waals surface area contributed by atoms with Gasteiger partial charge < -0.3 is 16.8 Å². The average molecular weight is 233 g/mol. The van der Waals surface area contributed by atoms with Crippen LogP contribution in [-0.2, 0) is 7.05 Å². The molecule has 8 heteroatoms. The minimum atomic E-state index is -0.684. The van der Waals surface area contributed by atoms with Crippen LogP contribution < -0.4 is 16.8 Å². The third-order valence-electron chi connectivity index (χ3n) is 2.02. The predicted molar refractivity (Wildman–Crippen MR) is 61.5 cm³/mol. The summed E-state index contributed by atoms with van der Waals surface area (Å²) in [6.07, 6.45) is 1.75. The Morgan fingerprint density at radius 3 is 2.82 bits per heavy atom. The van der Waals surface area contributed by atoms with Crippen LogP contribution in [0, 0.1) is 0 Å². The van der Waals surface area contributed by atoms with Gasteiger partial charge >= 0.3 is 0 Å². The second kappa shape index (κ2) is 4.08. The molecule has 0 aliphatic heterocycles. The monoisotopic (exact) mass is 233 g/mol. The van der Waals surface area contributed by atoms with E-state index in [1.165, 1.54) is 6.07 Å². The quantitative estimate of drug-likeness (QED) is 0.664. The highest BCUT2D eigenvalue weighted by Crippen LogP contribution is 2.18. The van der Waals surface area contributed by atoms with Gasteiger partial charge in [0.25, 0.3) is 5.91 Å². The summed E-state index contributed by atoms with van der Waals surface area (Å²) in [5, 5.41) is 14.2. The number of carbonyl (C=O) groups excluding carboxylic acids is 1. The van der Waals surface area contributed by atoms with Crippen molar-refractivity contribution < 1.29 is 4.79 Å². The van der Waals surface area contributed by atoms with E-state index in [1.807, 2.05) is 0 Å². The first-order valence-electron chi connectivity index (χ1n) is 4.76. The zero-order valence-electron chi connectivity index (χ0n) is 9.08. The van der Waals surface area contributed by atoms with Gasteiger partial charge in [0.15, 0.2) is 11.5 Å². The lowest BCUT2D eigenvalue weighted by Gasteiger charge is -2.06. The lowest BCUT2D eigenvalue weighted by molar-refractivity contribution is 0.0995. The second-order valence-corrected chi connectivity index (χ2v) is 3.40. The van der Waals surface area contributed by atoms with E-state index in [9.17, 15) is 4.79 Å². The van der Waals surface area contributed by atoms with Gasteiger partial charge in [0.2, 0.25) is 0 Å². The molecule has 0 spiro atoms. The SMILES string of the molecule is Cn1ccc(Nc2cc(N)nnc2C(N)=O)n1. The van der Waals surface area contributed by atoms with Crippen molar-refractivity contribution >= 4 is 23.2 Å². The average Bonchev–Trinajstić information content (AvgIpc) is 2.63. The van der Waals surface area contributed by atoms with Crippen LogP contribution in [0.1, 0.15) is 10.5 Å². The fourth-order valence-electron chi connectivity index (χ4n) is 1.30. The number of aryl methyl sites for hydroxylation is 1. The van der Waals surface area contributed by atoms with E-state index in [0.717, 1.165) is 0 Å². The summed E-state index contributed by atoms with van der Waals surface area (Å²) in [7, 11) is 1.78. The highest BCUT2D eigenvalue weighted by Gasteiger charge is 2.12. The second-order valence-electron chi connectivity index (χ2n) is 3.40. The number of nitrogen functional groups attached to an aromatic ring is 1. The van der Waals surface area contributed by atoms with Crippen LogP contribution in [0.5, 0.6) is 0 Å². The zero-order chi connectivity index (χ0) is 12.4. The molecule has 2 aromatic rings. The van der Waals surface area contributed by atoms with Crippen LogP contribution in [0.15, 0.2) is 18.3 Å². The van der Waals surface area contributed by atoms with E-state index in [4.69, 9.17) is 11.5 Å². The van der Waals surface area contributed by atoms with E-state index in [2.05, 4.69) is 20.6 Å². The first kappa shape index (κ1) is 10.9. The number of aromatic nitrogens is 4. The van der Waals surface area contributed by atoms with E-state index in [0.29, 0.717) is 11.5 Å². The molecular weight excluding hydrogens is 222 g/mol.